The van der Waals surface area contributed by atoms with Crippen LogP contribution in [-0.4, -0.2) is 12.9 Å². The first-order valence-electron chi connectivity index (χ1n) is 6.45. The summed E-state index contributed by atoms with van der Waals surface area (Å²) in [4.78, 5) is 0. The maximum Gasteiger partial charge on any atom is 0.573 e. The Morgan fingerprint density at radius 3 is 2.47 bits per heavy atom. The number of alkyl halides is 3. The van der Waals surface area contributed by atoms with Crippen molar-refractivity contribution >= 4 is 0 Å². The number of rotatable bonds is 6. The molecule has 0 fully saturated rings. The van der Waals surface area contributed by atoms with Crippen molar-refractivity contribution in [3.8, 4) is 5.75 Å². The Morgan fingerprint density at radius 2 is 1.95 bits per heavy atom. The Labute approximate surface area is 111 Å². The predicted molar refractivity (Wildman–Crippen MR) is 69.2 cm³/mol. The van der Waals surface area contributed by atoms with Crippen LogP contribution in [0.25, 0.3) is 0 Å². The Hall–Kier alpha value is -1.23. The van der Waals surface area contributed by atoms with Crippen LogP contribution >= 0.6 is 0 Å². The predicted octanol–water partition coefficient (Wildman–Crippen LogP) is 3.99. The van der Waals surface area contributed by atoms with E-state index in [1.807, 2.05) is 19.9 Å². The third-order valence-electron chi connectivity index (χ3n) is 3.04. The summed E-state index contributed by atoms with van der Waals surface area (Å²) in [5.74, 6) is 0.0343. The monoisotopic (exact) mass is 275 g/mol. The van der Waals surface area contributed by atoms with E-state index in [4.69, 9.17) is 5.73 Å². The van der Waals surface area contributed by atoms with Gasteiger partial charge in [0.05, 0.1) is 0 Å². The number of hydrogen-bond donors (Lipinski definition) is 1. The highest BCUT2D eigenvalue weighted by Gasteiger charge is 2.31. The molecule has 0 amide bonds. The molecule has 1 aromatic carbocycles. The summed E-state index contributed by atoms with van der Waals surface area (Å²) in [5, 5.41) is 0. The molecule has 1 rings (SSSR count). The molecule has 19 heavy (non-hydrogen) atoms. The van der Waals surface area contributed by atoms with Gasteiger partial charge >= 0.3 is 6.36 Å². The Morgan fingerprint density at radius 1 is 1.26 bits per heavy atom. The number of hydrogen-bond acceptors (Lipinski definition) is 2. The average molecular weight is 275 g/mol. The highest BCUT2D eigenvalue weighted by atomic mass is 19.4. The minimum Gasteiger partial charge on any atom is -0.406 e. The van der Waals surface area contributed by atoms with Crippen LogP contribution in [-0.2, 0) is 6.42 Å². The maximum absolute atomic E-state index is 12.3. The summed E-state index contributed by atoms with van der Waals surface area (Å²) < 4.78 is 40.8. The van der Waals surface area contributed by atoms with Crippen molar-refractivity contribution in [2.45, 2.75) is 45.4 Å². The van der Waals surface area contributed by atoms with E-state index in [1.165, 1.54) is 12.1 Å². The van der Waals surface area contributed by atoms with Gasteiger partial charge in [0.2, 0.25) is 0 Å². The van der Waals surface area contributed by atoms with E-state index < -0.39 is 6.36 Å². The zero-order valence-electron chi connectivity index (χ0n) is 11.3. The van der Waals surface area contributed by atoms with E-state index >= 15 is 0 Å². The fraction of sp³-hybridized carbons (Fsp3) is 0.571. The fourth-order valence-corrected chi connectivity index (χ4v) is 1.96. The number of benzene rings is 1. The first kappa shape index (κ1) is 15.8. The summed E-state index contributed by atoms with van der Waals surface area (Å²) in [6.45, 7) is 4.48. The highest BCUT2D eigenvalue weighted by molar-refractivity contribution is 5.36. The van der Waals surface area contributed by atoms with Crippen molar-refractivity contribution in [1.29, 1.82) is 0 Å². The lowest BCUT2D eigenvalue weighted by atomic mass is 9.94. The molecule has 1 aromatic rings. The van der Waals surface area contributed by atoms with Gasteiger partial charge in [-0.15, -0.1) is 13.2 Å². The van der Waals surface area contributed by atoms with Gasteiger partial charge in [-0.25, -0.2) is 0 Å². The smallest absolute Gasteiger partial charge is 0.406 e. The second-order valence-electron chi connectivity index (χ2n) is 4.64. The first-order valence-corrected chi connectivity index (χ1v) is 6.45. The topological polar surface area (TPSA) is 35.2 Å². The summed E-state index contributed by atoms with van der Waals surface area (Å²) >= 11 is 0. The second-order valence-corrected chi connectivity index (χ2v) is 4.64. The van der Waals surface area contributed by atoms with Crippen LogP contribution in [0.15, 0.2) is 18.2 Å². The molecular formula is C14H20F3NO. The molecule has 0 aliphatic carbocycles. The van der Waals surface area contributed by atoms with Gasteiger partial charge in [-0.1, -0.05) is 19.9 Å². The zero-order chi connectivity index (χ0) is 14.5. The molecule has 5 heteroatoms. The third kappa shape index (κ3) is 5.51. The van der Waals surface area contributed by atoms with Crippen LogP contribution in [0.1, 0.15) is 43.7 Å². The highest BCUT2D eigenvalue weighted by Crippen LogP contribution is 2.29. The molecule has 0 saturated heterocycles. The summed E-state index contributed by atoms with van der Waals surface area (Å²) in [7, 11) is 0. The lowest BCUT2D eigenvalue weighted by Crippen LogP contribution is -2.17. The Kier molecular flexibility index (Phi) is 5.66. The van der Waals surface area contributed by atoms with Gasteiger partial charge in [0.25, 0.3) is 0 Å². The van der Waals surface area contributed by atoms with Gasteiger partial charge in [-0.3, -0.25) is 0 Å². The average Bonchev–Trinajstić information content (AvgIpc) is 2.33. The minimum absolute atomic E-state index is 0.138. The molecule has 1 atom stereocenters. The number of nitrogens with two attached hydrogens (primary N) is 1. The van der Waals surface area contributed by atoms with Gasteiger partial charge in [-0.05, 0) is 55.0 Å². The Balaban J connectivity index is 2.94. The van der Waals surface area contributed by atoms with Crippen molar-refractivity contribution in [3.63, 3.8) is 0 Å². The van der Waals surface area contributed by atoms with Crippen molar-refractivity contribution < 1.29 is 17.9 Å². The standard InChI is InChI=1S/C14H20F3NO/c1-3-11-7-12(10(2)5-4-6-18)9-13(8-11)19-14(15,16)17/h7-10H,3-6,18H2,1-2H3. The molecule has 0 bridgehead atoms. The molecule has 2 N–H and O–H groups in total. The van der Waals surface area contributed by atoms with Crippen LogP contribution in [0.4, 0.5) is 13.2 Å². The van der Waals surface area contributed by atoms with Gasteiger partial charge in [0.15, 0.2) is 0 Å². The first-order chi connectivity index (χ1) is 8.85. The molecule has 2 nitrogen and oxygen atoms in total. The van der Waals surface area contributed by atoms with Crippen molar-refractivity contribution in [1.82, 2.24) is 0 Å². The van der Waals surface area contributed by atoms with Gasteiger partial charge in [-0.2, -0.15) is 0 Å². The van der Waals surface area contributed by atoms with Gasteiger partial charge in [0.1, 0.15) is 5.75 Å². The zero-order valence-corrected chi connectivity index (χ0v) is 11.3. The van der Waals surface area contributed by atoms with Crippen molar-refractivity contribution in [3.05, 3.63) is 29.3 Å². The molecule has 0 radical (unpaired) electrons. The Bertz CT molecular complexity index is 404. The molecule has 0 aliphatic rings. The quantitative estimate of drug-likeness (QED) is 0.852. The van der Waals surface area contributed by atoms with E-state index in [9.17, 15) is 13.2 Å². The minimum atomic E-state index is -4.65. The van der Waals surface area contributed by atoms with Gasteiger partial charge in [0, 0.05) is 0 Å². The lowest BCUT2D eigenvalue weighted by molar-refractivity contribution is -0.274. The van der Waals surface area contributed by atoms with Crippen LogP contribution in [0, 0.1) is 0 Å². The lowest BCUT2D eigenvalue weighted by Gasteiger charge is -2.16. The second kappa shape index (κ2) is 6.80. The molecule has 0 aromatic heterocycles. The normalized spacial score (nSPS) is 13.4. The number of ether oxygens (including phenoxy) is 1. The van der Waals surface area contributed by atoms with Crippen LogP contribution in [0.5, 0.6) is 5.75 Å². The molecule has 0 heterocycles. The largest absolute Gasteiger partial charge is 0.573 e. The third-order valence-corrected chi connectivity index (χ3v) is 3.04. The fourth-order valence-electron chi connectivity index (χ4n) is 1.96. The van der Waals surface area contributed by atoms with E-state index in [1.54, 1.807) is 0 Å². The summed E-state index contributed by atoms with van der Waals surface area (Å²) in [5.41, 5.74) is 7.16. The van der Waals surface area contributed by atoms with E-state index in [-0.39, 0.29) is 11.7 Å². The molecule has 0 saturated carbocycles. The van der Waals surface area contributed by atoms with Crippen LogP contribution in [0.2, 0.25) is 0 Å². The molecule has 0 aliphatic heterocycles. The van der Waals surface area contributed by atoms with Gasteiger partial charge < -0.3 is 10.5 Å². The van der Waals surface area contributed by atoms with Crippen LogP contribution in [0.3, 0.4) is 0 Å². The molecule has 0 spiro atoms. The SMILES string of the molecule is CCc1cc(OC(F)(F)F)cc(C(C)CCCN)c1. The van der Waals surface area contributed by atoms with E-state index in [2.05, 4.69) is 4.74 Å². The van der Waals surface area contributed by atoms with E-state index in [0.717, 1.165) is 24.0 Å². The van der Waals surface area contributed by atoms with Crippen molar-refractivity contribution in [2.75, 3.05) is 6.54 Å². The maximum atomic E-state index is 12.3. The molecule has 1 unspecified atom stereocenters. The number of halogens is 3. The molecular weight excluding hydrogens is 255 g/mol. The van der Waals surface area contributed by atoms with E-state index in [0.29, 0.717) is 13.0 Å². The molecule has 108 valence electrons. The summed E-state index contributed by atoms with van der Waals surface area (Å²) in [6.07, 6.45) is -2.27. The summed E-state index contributed by atoms with van der Waals surface area (Å²) in [6, 6.07) is 4.84. The number of aryl methyl sites for hydroxylation is 1. The van der Waals surface area contributed by atoms with Crippen LogP contribution < -0.4 is 10.5 Å². The van der Waals surface area contributed by atoms with Crippen molar-refractivity contribution in [2.24, 2.45) is 5.73 Å².